The SMILES string of the molecule is C=CCO[C@H]1C(OCCCCCCCCCCCC)O[C@H](CO)[C@@H](O)[C@@H]1O. The third-order valence-electron chi connectivity index (χ3n) is 5.01. The summed E-state index contributed by atoms with van der Waals surface area (Å²) >= 11 is 0. The van der Waals surface area contributed by atoms with Gasteiger partial charge in [-0.05, 0) is 6.42 Å². The topological polar surface area (TPSA) is 88.4 Å². The maximum Gasteiger partial charge on any atom is 0.186 e. The molecule has 0 aromatic carbocycles. The van der Waals surface area contributed by atoms with E-state index in [1.807, 2.05) is 0 Å². The largest absolute Gasteiger partial charge is 0.394 e. The van der Waals surface area contributed by atoms with Crippen molar-refractivity contribution >= 4 is 0 Å². The van der Waals surface area contributed by atoms with Crippen LogP contribution in [0.15, 0.2) is 12.7 Å². The van der Waals surface area contributed by atoms with E-state index in [4.69, 9.17) is 14.2 Å². The van der Waals surface area contributed by atoms with E-state index in [9.17, 15) is 15.3 Å². The molecule has 0 aliphatic carbocycles. The van der Waals surface area contributed by atoms with E-state index in [1.54, 1.807) is 6.08 Å². The number of aliphatic hydroxyl groups excluding tert-OH is 3. The molecule has 1 saturated heterocycles. The highest BCUT2D eigenvalue weighted by Crippen LogP contribution is 2.24. The average Bonchev–Trinajstić information content (AvgIpc) is 2.68. The molecule has 1 unspecified atom stereocenters. The molecule has 0 bridgehead atoms. The van der Waals surface area contributed by atoms with Crippen molar-refractivity contribution in [2.75, 3.05) is 19.8 Å². The molecular weight excluding hydrogens is 348 g/mol. The lowest BCUT2D eigenvalue weighted by molar-refractivity contribution is -0.308. The van der Waals surface area contributed by atoms with E-state index in [1.165, 1.54) is 51.4 Å². The van der Waals surface area contributed by atoms with Gasteiger partial charge in [-0.3, -0.25) is 0 Å². The van der Waals surface area contributed by atoms with Gasteiger partial charge in [-0.2, -0.15) is 0 Å². The number of hydrogen-bond acceptors (Lipinski definition) is 6. The molecule has 6 nitrogen and oxygen atoms in total. The monoisotopic (exact) mass is 388 g/mol. The summed E-state index contributed by atoms with van der Waals surface area (Å²) in [6.45, 7) is 6.16. The molecule has 160 valence electrons. The van der Waals surface area contributed by atoms with Crippen LogP contribution in [-0.2, 0) is 14.2 Å². The van der Waals surface area contributed by atoms with Gasteiger partial charge < -0.3 is 29.5 Å². The van der Waals surface area contributed by atoms with Crippen LogP contribution in [0.4, 0.5) is 0 Å². The van der Waals surface area contributed by atoms with Crippen LogP contribution in [0.3, 0.4) is 0 Å². The molecule has 0 radical (unpaired) electrons. The highest BCUT2D eigenvalue weighted by molar-refractivity contribution is 4.90. The molecule has 0 aromatic heterocycles. The maximum atomic E-state index is 10.2. The predicted molar refractivity (Wildman–Crippen MR) is 105 cm³/mol. The minimum Gasteiger partial charge on any atom is -0.394 e. The third kappa shape index (κ3) is 9.50. The Morgan fingerprint density at radius 1 is 0.889 bits per heavy atom. The number of rotatable bonds is 16. The van der Waals surface area contributed by atoms with Crippen molar-refractivity contribution in [2.24, 2.45) is 0 Å². The smallest absolute Gasteiger partial charge is 0.186 e. The van der Waals surface area contributed by atoms with E-state index in [2.05, 4.69) is 13.5 Å². The minimum atomic E-state index is -1.21. The van der Waals surface area contributed by atoms with Crippen LogP contribution in [0, 0.1) is 0 Å². The molecule has 1 aliphatic rings. The molecule has 3 N–H and O–H groups in total. The summed E-state index contributed by atoms with van der Waals surface area (Å²) in [5.41, 5.74) is 0. The van der Waals surface area contributed by atoms with Crippen molar-refractivity contribution < 1.29 is 29.5 Å². The van der Waals surface area contributed by atoms with Crippen LogP contribution in [0.2, 0.25) is 0 Å². The number of ether oxygens (including phenoxy) is 3. The first-order valence-corrected chi connectivity index (χ1v) is 10.6. The summed E-state index contributed by atoms with van der Waals surface area (Å²) in [4.78, 5) is 0. The van der Waals surface area contributed by atoms with Gasteiger partial charge in [0.1, 0.15) is 24.4 Å². The Balaban J connectivity index is 2.20. The van der Waals surface area contributed by atoms with E-state index >= 15 is 0 Å². The van der Waals surface area contributed by atoms with Crippen LogP contribution in [-0.4, -0.2) is 65.8 Å². The van der Waals surface area contributed by atoms with Crippen LogP contribution < -0.4 is 0 Å². The van der Waals surface area contributed by atoms with E-state index in [-0.39, 0.29) is 13.2 Å². The molecule has 0 amide bonds. The van der Waals surface area contributed by atoms with Crippen molar-refractivity contribution in [1.29, 1.82) is 0 Å². The molecule has 1 rings (SSSR count). The lowest BCUT2D eigenvalue weighted by Crippen LogP contribution is -2.60. The van der Waals surface area contributed by atoms with E-state index < -0.39 is 30.7 Å². The quantitative estimate of drug-likeness (QED) is 0.278. The van der Waals surface area contributed by atoms with Gasteiger partial charge in [-0.15, -0.1) is 6.58 Å². The van der Waals surface area contributed by atoms with Crippen molar-refractivity contribution in [1.82, 2.24) is 0 Å². The fourth-order valence-corrected chi connectivity index (χ4v) is 3.34. The van der Waals surface area contributed by atoms with Crippen molar-refractivity contribution in [3.05, 3.63) is 12.7 Å². The zero-order valence-electron chi connectivity index (χ0n) is 16.9. The van der Waals surface area contributed by atoms with Gasteiger partial charge in [0.2, 0.25) is 0 Å². The van der Waals surface area contributed by atoms with Crippen LogP contribution in [0.1, 0.15) is 71.1 Å². The van der Waals surface area contributed by atoms with Gasteiger partial charge in [0.25, 0.3) is 0 Å². The Hall–Kier alpha value is -0.500. The lowest BCUT2D eigenvalue weighted by Gasteiger charge is -2.41. The molecule has 1 fully saturated rings. The Labute approximate surface area is 164 Å². The van der Waals surface area contributed by atoms with Gasteiger partial charge in [0.15, 0.2) is 6.29 Å². The Morgan fingerprint density at radius 3 is 2.04 bits per heavy atom. The molecule has 27 heavy (non-hydrogen) atoms. The van der Waals surface area contributed by atoms with Gasteiger partial charge in [-0.25, -0.2) is 0 Å². The minimum absolute atomic E-state index is 0.222. The Kier molecular flexibility index (Phi) is 14.0. The third-order valence-corrected chi connectivity index (χ3v) is 5.01. The van der Waals surface area contributed by atoms with Crippen molar-refractivity contribution in [3.63, 3.8) is 0 Å². The molecule has 0 spiro atoms. The summed E-state index contributed by atoms with van der Waals surface area (Å²) in [5.74, 6) is 0. The second kappa shape index (κ2) is 15.4. The average molecular weight is 389 g/mol. The number of unbranched alkanes of at least 4 members (excludes halogenated alkanes) is 9. The first-order chi connectivity index (χ1) is 13.2. The highest BCUT2D eigenvalue weighted by Gasteiger charge is 2.45. The second-order valence-corrected chi connectivity index (χ2v) is 7.35. The Morgan fingerprint density at radius 2 is 1.48 bits per heavy atom. The molecule has 1 aliphatic heterocycles. The lowest BCUT2D eigenvalue weighted by atomic mass is 9.99. The number of aliphatic hydroxyl groups is 3. The van der Waals surface area contributed by atoms with Crippen molar-refractivity contribution in [2.45, 2.75) is 102 Å². The summed E-state index contributed by atoms with van der Waals surface area (Å²) < 4.78 is 16.8. The van der Waals surface area contributed by atoms with Gasteiger partial charge >= 0.3 is 0 Å². The fourth-order valence-electron chi connectivity index (χ4n) is 3.34. The van der Waals surface area contributed by atoms with Gasteiger partial charge in [-0.1, -0.05) is 70.8 Å². The summed E-state index contributed by atoms with van der Waals surface area (Å²) in [7, 11) is 0. The zero-order chi connectivity index (χ0) is 19.9. The standard InChI is InChI=1S/C21H40O6/c1-3-5-6-7-8-9-10-11-12-13-15-26-21-20(25-14-4-2)19(24)18(23)17(16-22)27-21/h4,17-24H,2-3,5-16H2,1H3/t17-,18-,19+,20-,21?/m1/s1. The maximum absolute atomic E-state index is 10.2. The second-order valence-electron chi connectivity index (χ2n) is 7.35. The van der Waals surface area contributed by atoms with Gasteiger partial charge in [0, 0.05) is 6.61 Å². The first-order valence-electron chi connectivity index (χ1n) is 10.6. The fraction of sp³-hybridized carbons (Fsp3) is 0.905. The summed E-state index contributed by atoms with van der Waals surface area (Å²) in [6.07, 6.45) is 9.14. The van der Waals surface area contributed by atoms with Gasteiger partial charge in [0.05, 0.1) is 13.2 Å². The van der Waals surface area contributed by atoms with Crippen molar-refractivity contribution in [3.8, 4) is 0 Å². The van der Waals surface area contributed by atoms with Crippen LogP contribution >= 0.6 is 0 Å². The first kappa shape index (κ1) is 24.5. The molecular formula is C21H40O6. The van der Waals surface area contributed by atoms with Crippen LogP contribution in [0.25, 0.3) is 0 Å². The predicted octanol–water partition coefficient (Wildman–Crippen LogP) is 2.93. The normalized spacial score (nSPS) is 28.4. The van der Waals surface area contributed by atoms with E-state index in [0.717, 1.165) is 12.8 Å². The molecule has 6 heteroatoms. The zero-order valence-corrected chi connectivity index (χ0v) is 16.9. The molecule has 5 atom stereocenters. The van der Waals surface area contributed by atoms with E-state index in [0.29, 0.717) is 6.61 Å². The molecule has 0 aromatic rings. The summed E-state index contributed by atoms with van der Waals surface area (Å²) in [5, 5.41) is 29.5. The summed E-state index contributed by atoms with van der Waals surface area (Å²) in [6, 6.07) is 0. The highest BCUT2D eigenvalue weighted by atomic mass is 16.7. The Bertz CT molecular complexity index is 365. The molecule has 1 heterocycles. The number of hydrogen-bond donors (Lipinski definition) is 3. The molecule has 0 saturated carbocycles. The van der Waals surface area contributed by atoms with Crippen LogP contribution in [0.5, 0.6) is 0 Å².